The Labute approximate surface area is 157 Å². The van der Waals surface area contributed by atoms with Crippen LogP contribution in [0.3, 0.4) is 0 Å². The zero-order valence-corrected chi connectivity index (χ0v) is 17.0. The molecule has 1 atom stereocenters. The summed E-state index contributed by atoms with van der Waals surface area (Å²) in [5, 5.41) is 2.24. The first kappa shape index (κ1) is 20.4. The molecule has 0 aliphatic heterocycles. The van der Waals surface area contributed by atoms with E-state index in [-0.39, 0.29) is 11.6 Å². The minimum absolute atomic E-state index is 0.129. The zero-order valence-electron chi connectivity index (χ0n) is 16.0. The number of halogens is 1. The van der Waals surface area contributed by atoms with Gasteiger partial charge in [0.15, 0.2) is 6.86 Å². The second-order valence-electron chi connectivity index (χ2n) is 7.13. The van der Waals surface area contributed by atoms with Crippen molar-refractivity contribution in [2.75, 3.05) is 13.5 Å². The molecule has 0 aromatic heterocycles. The Hall–Kier alpha value is -1.93. The van der Waals surface area contributed by atoms with Crippen molar-refractivity contribution >= 4 is 18.7 Å². The monoisotopic (exact) mass is 370 g/mol. The summed E-state index contributed by atoms with van der Waals surface area (Å²) >= 11 is 0. The Bertz CT molecular complexity index is 690. The van der Waals surface area contributed by atoms with E-state index in [1.54, 1.807) is 6.92 Å². The van der Waals surface area contributed by atoms with Crippen LogP contribution >= 0.6 is 0 Å². The van der Waals surface area contributed by atoms with Crippen molar-refractivity contribution in [1.82, 2.24) is 0 Å². The third-order valence-corrected chi connectivity index (χ3v) is 9.44. The zero-order chi connectivity index (χ0) is 19.0. The molecule has 138 valence electrons. The average Bonchev–Trinajstić information content (AvgIpc) is 2.63. The molecule has 0 amide bonds. The highest BCUT2D eigenvalue weighted by Crippen LogP contribution is 2.36. The van der Waals surface area contributed by atoms with Crippen LogP contribution in [0.25, 0.3) is 0 Å². The first-order valence-corrected chi connectivity index (χ1v) is 10.7. The van der Waals surface area contributed by atoms with E-state index >= 15 is 0 Å². The molecule has 0 bridgehead atoms. The van der Waals surface area contributed by atoms with Gasteiger partial charge >= 0.3 is 0 Å². The van der Waals surface area contributed by atoms with E-state index in [1.807, 2.05) is 36.4 Å². The highest BCUT2D eigenvalue weighted by molar-refractivity contribution is 6.99. The summed E-state index contributed by atoms with van der Waals surface area (Å²) in [7, 11) is -2.64. The van der Waals surface area contributed by atoms with E-state index < -0.39 is 21.3 Å². The summed E-state index contributed by atoms with van der Waals surface area (Å²) < 4.78 is 24.5. The van der Waals surface area contributed by atoms with E-state index in [4.69, 9.17) is 9.16 Å². The van der Waals surface area contributed by atoms with Crippen LogP contribution in [0.2, 0.25) is 5.04 Å². The van der Waals surface area contributed by atoms with Gasteiger partial charge in [0.25, 0.3) is 8.32 Å². The van der Waals surface area contributed by atoms with Gasteiger partial charge < -0.3 is 9.16 Å². The summed E-state index contributed by atoms with van der Waals surface area (Å²) in [5.41, 5.74) is 0. The molecule has 0 fully saturated rings. The van der Waals surface area contributed by atoms with Gasteiger partial charge in [-0.05, 0) is 22.3 Å². The number of hydrogen-bond acceptors (Lipinski definition) is 2. The first-order valence-electron chi connectivity index (χ1n) is 8.80. The van der Waals surface area contributed by atoms with Crippen molar-refractivity contribution in [3.8, 4) is 11.8 Å². The number of rotatable bonds is 7. The van der Waals surface area contributed by atoms with Crippen LogP contribution in [0.15, 0.2) is 60.7 Å². The van der Waals surface area contributed by atoms with Crippen molar-refractivity contribution in [3.05, 3.63) is 60.7 Å². The van der Waals surface area contributed by atoms with Gasteiger partial charge in [-0.25, -0.2) is 4.39 Å². The van der Waals surface area contributed by atoms with E-state index in [2.05, 4.69) is 56.9 Å². The van der Waals surface area contributed by atoms with Crippen molar-refractivity contribution in [3.63, 3.8) is 0 Å². The molecule has 4 heteroatoms. The maximum atomic E-state index is 12.7. The molecular weight excluding hydrogens is 343 g/mol. The van der Waals surface area contributed by atoms with Gasteiger partial charge in [0.2, 0.25) is 0 Å². The number of alkyl halides is 1. The van der Waals surface area contributed by atoms with Crippen molar-refractivity contribution < 1.29 is 13.6 Å². The fourth-order valence-electron chi connectivity index (χ4n) is 3.33. The van der Waals surface area contributed by atoms with E-state index in [9.17, 15) is 4.39 Å². The lowest BCUT2D eigenvalue weighted by molar-refractivity contribution is 0.00146. The molecule has 1 unspecified atom stereocenters. The van der Waals surface area contributed by atoms with E-state index in [0.717, 1.165) is 0 Å². The van der Waals surface area contributed by atoms with Gasteiger partial charge in [-0.2, -0.15) is 0 Å². The highest BCUT2D eigenvalue weighted by Gasteiger charge is 2.50. The second-order valence-corrected chi connectivity index (χ2v) is 11.4. The van der Waals surface area contributed by atoms with Crippen molar-refractivity contribution in [2.24, 2.45) is 0 Å². The summed E-state index contributed by atoms with van der Waals surface area (Å²) in [6.07, 6.45) is -0.577. The largest absolute Gasteiger partial charge is 0.404 e. The smallest absolute Gasteiger partial charge is 0.261 e. The summed E-state index contributed by atoms with van der Waals surface area (Å²) in [4.78, 5) is 0. The molecule has 2 aromatic rings. The van der Waals surface area contributed by atoms with Crippen LogP contribution < -0.4 is 10.4 Å². The molecular formula is C22H27FO2Si. The van der Waals surface area contributed by atoms with Crippen molar-refractivity contribution in [2.45, 2.75) is 38.8 Å². The summed E-state index contributed by atoms with van der Waals surface area (Å²) in [6, 6.07) is 20.7. The Morgan fingerprint density at radius 1 is 0.962 bits per heavy atom. The predicted octanol–water partition coefficient (Wildman–Crippen LogP) is 3.90. The first-order chi connectivity index (χ1) is 12.5. The van der Waals surface area contributed by atoms with Gasteiger partial charge in [0.05, 0.1) is 6.61 Å². The maximum Gasteiger partial charge on any atom is 0.261 e. The van der Waals surface area contributed by atoms with Crippen LogP contribution in [-0.4, -0.2) is 27.9 Å². The minimum Gasteiger partial charge on any atom is -0.404 e. The number of benzene rings is 2. The average molecular weight is 371 g/mol. The Balaban J connectivity index is 2.54. The van der Waals surface area contributed by atoms with Crippen LogP contribution in [-0.2, 0) is 9.16 Å². The number of hydrogen-bond donors (Lipinski definition) is 0. The highest BCUT2D eigenvalue weighted by atomic mass is 28.4. The predicted molar refractivity (Wildman–Crippen MR) is 108 cm³/mol. The van der Waals surface area contributed by atoms with E-state index in [0.29, 0.717) is 0 Å². The molecule has 0 aliphatic rings. The summed E-state index contributed by atoms with van der Waals surface area (Å²) in [5.74, 6) is 5.70. The third-order valence-electron chi connectivity index (χ3n) is 4.44. The normalized spacial score (nSPS) is 13.0. The molecule has 2 nitrogen and oxygen atoms in total. The molecule has 0 N–H and O–H groups in total. The molecule has 0 saturated carbocycles. The second kappa shape index (κ2) is 9.13. The van der Waals surface area contributed by atoms with Crippen LogP contribution in [0.5, 0.6) is 0 Å². The Morgan fingerprint density at radius 3 is 1.85 bits per heavy atom. The summed E-state index contributed by atoms with van der Waals surface area (Å²) in [6.45, 7) is 7.69. The van der Waals surface area contributed by atoms with Gasteiger partial charge in [0.1, 0.15) is 6.10 Å². The fraction of sp³-hybridized carbons (Fsp3) is 0.364. The lowest BCUT2D eigenvalue weighted by atomic mass is 10.2. The molecule has 0 spiro atoms. The van der Waals surface area contributed by atoms with Crippen molar-refractivity contribution in [1.29, 1.82) is 0 Å². The number of ether oxygens (including phenoxy) is 1. The molecule has 0 heterocycles. The fourth-order valence-corrected chi connectivity index (χ4v) is 7.89. The molecule has 26 heavy (non-hydrogen) atoms. The van der Waals surface area contributed by atoms with E-state index in [1.165, 1.54) is 10.4 Å². The van der Waals surface area contributed by atoms with Crippen LogP contribution in [0, 0.1) is 11.8 Å². The quantitative estimate of drug-likeness (QED) is 0.544. The van der Waals surface area contributed by atoms with Gasteiger partial charge in [-0.15, -0.1) is 5.92 Å². The Morgan fingerprint density at radius 2 is 1.46 bits per heavy atom. The van der Waals surface area contributed by atoms with Gasteiger partial charge in [0, 0.05) is 0 Å². The lowest BCUT2D eigenvalue weighted by Gasteiger charge is -2.43. The maximum absolute atomic E-state index is 12.7. The van der Waals surface area contributed by atoms with Crippen LogP contribution in [0.1, 0.15) is 27.7 Å². The third kappa shape index (κ3) is 4.42. The standard InChI is InChI=1S/C22H27FO2Si/c1-5-12-19(24-18-23)17-25-26(22(2,3)4,20-13-8-6-9-14-20)21-15-10-7-11-16-21/h6-11,13-16,19H,17-18H2,1-4H3. The topological polar surface area (TPSA) is 18.5 Å². The molecule has 2 rings (SSSR count). The molecule has 0 aliphatic carbocycles. The minimum atomic E-state index is -2.64. The SMILES string of the molecule is CC#CC(CO[Si](c1ccccc1)(c1ccccc1)C(C)(C)C)OCF. The molecule has 0 radical (unpaired) electrons. The van der Waals surface area contributed by atoms with Gasteiger partial charge in [-0.1, -0.05) is 87.4 Å². The Kier molecular flexibility index (Phi) is 7.16. The molecule has 0 saturated heterocycles. The van der Waals surface area contributed by atoms with Crippen LogP contribution in [0.4, 0.5) is 4.39 Å². The molecule has 2 aromatic carbocycles. The van der Waals surface area contributed by atoms with Gasteiger partial charge in [-0.3, -0.25) is 0 Å². The lowest BCUT2D eigenvalue weighted by Crippen LogP contribution is -2.67.